The van der Waals surface area contributed by atoms with Gasteiger partial charge < -0.3 is 19.7 Å². The maximum Gasteiger partial charge on any atom is 0.193 e. The van der Waals surface area contributed by atoms with E-state index in [0.717, 1.165) is 58.2 Å². The SMILES string of the molecule is CCOC1CCN(C(=NC)NCC2CN3CCCC3CO2)CC1. The summed E-state index contributed by atoms with van der Waals surface area (Å²) in [5, 5.41) is 3.52. The van der Waals surface area contributed by atoms with Crippen molar-refractivity contribution in [1.82, 2.24) is 15.1 Å². The molecule has 3 heterocycles. The van der Waals surface area contributed by atoms with Crippen LogP contribution < -0.4 is 5.32 Å². The van der Waals surface area contributed by atoms with Gasteiger partial charge in [-0.15, -0.1) is 0 Å². The van der Waals surface area contributed by atoms with Crippen LogP contribution in [-0.4, -0.2) is 87.0 Å². The fourth-order valence-corrected chi connectivity index (χ4v) is 4.02. The standard InChI is InChI=1S/C17H32N4O2/c1-3-22-15-6-9-20(10-7-15)17(18-2)19-11-16-12-21-8-4-5-14(21)13-23-16/h14-16H,3-13H2,1-2H3,(H,18,19). The third kappa shape index (κ3) is 4.37. The van der Waals surface area contributed by atoms with E-state index in [9.17, 15) is 0 Å². The minimum absolute atomic E-state index is 0.280. The second kappa shape index (κ2) is 8.31. The topological polar surface area (TPSA) is 49.3 Å². The van der Waals surface area contributed by atoms with Gasteiger partial charge in [-0.3, -0.25) is 9.89 Å². The number of guanidine groups is 1. The number of aliphatic imine (C=N–C) groups is 1. The highest BCUT2D eigenvalue weighted by atomic mass is 16.5. The molecule has 0 spiro atoms. The highest BCUT2D eigenvalue weighted by Crippen LogP contribution is 2.22. The van der Waals surface area contributed by atoms with E-state index >= 15 is 0 Å². The van der Waals surface area contributed by atoms with Crippen LogP contribution in [0.3, 0.4) is 0 Å². The van der Waals surface area contributed by atoms with Gasteiger partial charge in [-0.2, -0.15) is 0 Å². The van der Waals surface area contributed by atoms with Crippen LogP contribution in [0.5, 0.6) is 0 Å². The normalized spacial score (nSPS) is 30.5. The van der Waals surface area contributed by atoms with Crippen molar-refractivity contribution in [2.75, 3.05) is 53.0 Å². The Morgan fingerprint density at radius 2 is 2.09 bits per heavy atom. The summed E-state index contributed by atoms with van der Waals surface area (Å²) < 4.78 is 11.8. The molecular formula is C17H32N4O2. The predicted octanol–water partition coefficient (Wildman–Crippen LogP) is 0.926. The van der Waals surface area contributed by atoms with E-state index in [1.165, 1.54) is 19.4 Å². The van der Waals surface area contributed by atoms with Crippen molar-refractivity contribution in [2.24, 2.45) is 4.99 Å². The molecule has 0 aromatic heterocycles. The quantitative estimate of drug-likeness (QED) is 0.616. The third-order valence-electron chi connectivity index (χ3n) is 5.31. The summed E-state index contributed by atoms with van der Waals surface area (Å²) in [5.74, 6) is 1.01. The Balaban J connectivity index is 1.41. The first-order valence-corrected chi connectivity index (χ1v) is 9.23. The van der Waals surface area contributed by atoms with Gasteiger partial charge in [0.05, 0.1) is 18.8 Å². The number of ether oxygens (including phenoxy) is 2. The van der Waals surface area contributed by atoms with Crippen LogP contribution in [0.15, 0.2) is 4.99 Å². The molecule has 0 bridgehead atoms. The molecule has 0 aromatic carbocycles. The lowest BCUT2D eigenvalue weighted by Crippen LogP contribution is -2.53. The summed E-state index contributed by atoms with van der Waals surface area (Å²) in [4.78, 5) is 9.39. The van der Waals surface area contributed by atoms with Crippen LogP contribution in [0.25, 0.3) is 0 Å². The number of hydrogen-bond donors (Lipinski definition) is 1. The van der Waals surface area contributed by atoms with Gasteiger partial charge in [0, 0.05) is 45.9 Å². The van der Waals surface area contributed by atoms with Gasteiger partial charge in [-0.25, -0.2) is 0 Å². The highest BCUT2D eigenvalue weighted by molar-refractivity contribution is 5.80. The van der Waals surface area contributed by atoms with Crippen molar-refractivity contribution in [2.45, 2.75) is 50.9 Å². The Labute approximate surface area is 140 Å². The van der Waals surface area contributed by atoms with Crippen molar-refractivity contribution in [3.63, 3.8) is 0 Å². The number of hydrogen-bond acceptors (Lipinski definition) is 4. The van der Waals surface area contributed by atoms with E-state index in [2.05, 4.69) is 27.0 Å². The van der Waals surface area contributed by atoms with Crippen molar-refractivity contribution in [3.8, 4) is 0 Å². The maximum atomic E-state index is 6.03. The molecule has 6 nitrogen and oxygen atoms in total. The molecule has 0 saturated carbocycles. The molecule has 2 atom stereocenters. The zero-order valence-corrected chi connectivity index (χ0v) is 14.7. The minimum atomic E-state index is 0.280. The largest absolute Gasteiger partial charge is 0.378 e. The summed E-state index contributed by atoms with van der Waals surface area (Å²) >= 11 is 0. The first-order valence-electron chi connectivity index (χ1n) is 9.23. The fraction of sp³-hybridized carbons (Fsp3) is 0.941. The number of nitrogens with zero attached hydrogens (tertiary/aromatic N) is 3. The Morgan fingerprint density at radius 3 is 2.83 bits per heavy atom. The second-order valence-electron chi connectivity index (χ2n) is 6.82. The van der Waals surface area contributed by atoms with Gasteiger partial charge in [0.1, 0.15) is 0 Å². The van der Waals surface area contributed by atoms with E-state index in [1.807, 2.05) is 7.05 Å². The van der Waals surface area contributed by atoms with Crippen LogP contribution in [-0.2, 0) is 9.47 Å². The Bertz CT molecular complexity index is 396. The molecule has 0 radical (unpaired) electrons. The predicted molar refractivity (Wildman–Crippen MR) is 91.9 cm³/mol. The number of rotatable bonds is 4. The number of fused-ring (bicyclic) bond motifs is 1. The Morgan fingerprint density at radius 1 is 1.26 bits per heavy atom. The second-order valence-corrected chi connectivity index (χ2v) is 6.82. The van der Waals surface area contributed by atoms with E-state index in [4.69, 9.17) is 9.47 Å². The van der Waals surface area contributed by atoms with Gasteiger partial charge >= 0.3 is 0 Å². The molecule has 23 heavy (non-hydrogen) atoms. The molecule has 2 unspecified atom stereocenters. The van der Waals surface area contributed by atoms with Gasteiger partial charge in [-0.05, 0) is 39.2 Å². The Kier molecular flexibility index (Phi) is 6.14. The average Bonchev–Trinajstić information content (AvgIpc) is 3.05. The molecule has 3 fully saturated rings. The van der Waals surface area contributed by atoms with Gasteiger partial charge in [0.2, 0.25) is 0 Å². The lowest BCUT2D eigenvalue weighted by Gasteiger charge is -2.37. The lowest BCUT2D eigenvalue weighted by atomic mass is 10.1. The van der Waals surface area contributed by atoms with E-state index in [-0.39, 0.29) is 6.10 Å². The molecule has 3 aliphatic heterocycles. The van der Waals surface area contributed by atoms with Gasteiger partial charge in [0.15, 0.2) is 5.96 Å². The Hall–Kier alpha value is -0.850. The molecule has 132 valence electrons. The third-order valence-corrected chi connectivity index (χ3v) is 5.31. The average molecular weight is 324 g/mol. The van der Waals surface area contributed by atoms with Crippen molar-refractivity contribution in [3.05, 3.63) is 0 Å². The fourth-order valence-electron chi connectivity index (χ4n) is 4.02. The van der Waals surface area contributed by atoms with Crippen LogP contribution in [0.4, 0.5) is 0 Å². The van der Waals surface area contributed by atoms with E-state index in [1.54, 1.807) is 0 Å². The van der Waals surface area contributed by atoms with Crippen LogP contribution in [0.2, 0.25) is 0 Å². The summed E-state index contributed by atoms with van der Waals surface area (Å²) in [5.41, 5.74) is 0. The van der Waals surface area contributed by atoms with Crippen molar-refractivity contribution < 1.29 is 9.47 Å². The number of nitrogens with one attached hydrogen (secondary N) is 1. The summed E-state index contributed by atoms with van der Waals surface area (Å²) in [6, 6.07) is 0.670. The maximum absolute atomic E-state index is 6.03. The smallest absolute Gasteiger partial charge is 0.193 e. The van der Waals surface area contributed by atoms with E-state index in [0.29, 0.717) is 12.1 Å². The minimum Gasteiger partial charge on any atom is -0.378 e. The van der Waals surface area contributed by atoms with Crippen LogP contribution in [0.1, 0.15) is 32.6 Å². The van der Waals surface area contributed by atoms with Crippen LogP contribution in [0, 0.1) is 0 Å². The molecule has 0 aliphatic carbocycles. The van der Waals surface area contributed by atoms with Crippen LogP contribution >= 0.6 is 0 Å². The molecule has 3 aliphatic rings. The molecule has 6 heteroatoms. The van der Waals surface area contributed by atoms with E-state index < -0.39 is 0 Å². The van der Waals surface area contributed by atoms with Crippen molar-refractivity contribution in [1.29, 1.82) is 0 Å². The summed E-state index contributed by atoms with van der Waals surface area (Å²) in [7, 11) is 1.87. The lowest BCUT2D eigenvalue weighted by molar-refractivity contribution is -0.0456. The first-order chi connectivity index (χ1) is 11.3. The molecule has 3 saturated heterocycles. The molecule has 0 amide bonds. The zero-order valence-electron chi connectivity index (χ0n) is 14.7. The molecule has 0 aromatic rings. The number of likely N-dealkylation sites (tertiary alicyclic amines) is 1. The van der Waals surface area contributed by atoms with Gasteiger partial charge in [-0.1, -0.05) is 0 Å². The monoisotopic (exact) mass is 324 g/mol. The first kappa shape index (κ1) is 17.0. The number of piperidine rings is 1. The zero-order chi connectivity index (χ0) is 16.1. The highest BCUT2D eigenvalue weighted by Gasteiger charge is 2.32. The van der Waals surface area contributed by atoms with Gasteiger partial charge in [0.25, 0.3) is 0 Å². The molecule has 1 N–H and O–H groups in total. The molecular weight excluding hydrogens is 292 g/mol. The summed E-state index contributed by atoms with van der Waals surface area (Å²) in [6.07, 6.45) is 5.50. The van der Waals surface area contributed by atoms with Crippen molar-refractivity contribution >= 4 is 5.96 Å². The number of morpholine rings is 1. The molecule has 3 rings (SSSR count). The summed E-state index contributed by atoms with van der Waals surface area (Å²) in [6.45, 7) is 8.96.